The number of hydrogen-bond donors (Lipinski definition) is 2. The van der Waals surface area contributed by atoms with Gasteiger partial charge in [0.15, 0.2) is 9.84 Å². The van der Waals surface area contributed by atoms with Gasteiger partial charge >= 0.3 is 6.03 Å². The molecule has 146 valence electrons. The van der Waals surface area contributed by atoms with Crippen LogP contribution in [0.3, 0.4) is 0 Å². The summed E-state index contributed by atoms with van der Waals surface area (Å²) in [7, 11) is -3.19. The Morgan fingerprint density at radius 2 is 1.92 bits per heavy atom. The molecule has 1 aliphatic heterocycles. The van der Waals surface area contributed by atoms with Crippen molar-refractivity contribution < 1.29 is 22.7 Å². The van der Waals surface area contributed by atoms with Crippen molar-refractivity contribution in [2.24, 2.45) is 0 Å². The topological polar surface area (TPSA) is 86.7 Å². The summed E-state index contributed by atoms with van der Waals surface area (Å²) in [6, 6.07) is 6.02. The lowest BCUT2D eigenvalue weighted by Gasteiger charge is -2.38. The van der Waals surface area contributed by atoms with E-state index in [0.29, 0.717) is 31.5 Å². The lowest BCUT2D eigenvalue weighted by Crippen LogP contribution is -2.51. The van der Waals surface area contributed by atoms with Gasteiger partial charge in [0.25, 0.3) is 0 Å². The summed E-state index contributed by atoms with van der Waals surface area (Å²) in [4.78, 5) is 13.7. The summed E-state index contributed by atoms with van der Waals surface area (Å²) in [6.07, 6.45) is 0.903. The molecule has 0 radical (unpaired) electrons. The first-order valence-corrected chi connectivity index (χ1v) is 10.5. The third kappa shape index (κ3) is 5.41. The number of amides is 2. The maximum absolute atomic E-state index is 13.8. The van der Waals surface area contributed by atoms with Crippen LogP contribution in [0.4, 0.5) is 9.18 Å². The van der Waals surface area contributed by atoms with E-state index in [9.17, 15) is 22.7 Å². The van der Waals surface area contributed by atoms with Crippen LogP contribution in [-0.2, 0) is 16.3 Å². The molecule has 6 nitrogen and oxygen atoms in total. The van der Waals surface area contributed by atoms with Crippen LogP contribution in [0.25, 0.3) is 0 Å². The first-order valence-electron chi connectivity index (χ1n) is 8.83. The predicted octanol–water partition coefficient (Wildman–Crippen LogP) is 1.73. The molecule has 0 spiro atoms. The number of likely N-dealkylation sites (tertiary alicyclic amines) is 1. The summed E-state index contributed by atoms with van der Waals surface area (Å²) >= 11 is 0. The maximum Gasteiger partial charge on any atom is 0.317 e. The van der Waals surface area contributed by atoms with E-state index in [-0.39, 0.29) is 30.6 Å². The fourth-order valence-corrected chi connectivity index (χ4v) is 3.80. The Hall–Kier alpha value is -1.67. The molecule has 0 bridgehead atoms. The third-order valence-electron chi connectivity index (χ3n) is 4.84. The van der Waals surface area contributed by atoms with Gasteiger partial charge in [-0.25, -0.2) is 17.6 Å². The van der Waals surface area contributed by atoms with Gasteiger partial charge in [-0.3, -0.25) is 0 Å². The highest BCUT2D eigenvalue weighted by Gasteiger charge is 2.34. The van der Waals surface area contributed by atoms with Crippen LogP contribution < -0.4 is 5.32 Å². The van der Waals surface area contributed by atoms with Crippen molar-refractivity contribution >= 4 is 15.9 Å². The minimum atomic E-state index is -3.19. The minimum Gasteiger partial charge on any atom is -0.389 e. The maximum atomic E-state index is 13.8. The van der Waals surface area contributed by atoms with Gasteiger partial charge in [0.1, 0.15) is 5.82 Å². The Morgan fingerprint density at radius 1 is 1.31 bits per heavy atom. The van der Waals surface area contributed by atoms with Crippen LogP contribution in [0, 0.1) is 5.82 Å². The number of nitrogens with zero attached hydrogens (tertiary/aromatic N) is 1. The lowest BCUT2D eigenvalue weighted by atomic mass is 9.85. The van der Waals surface area contributed by atoms with Gasteiger partial charge in [0.2, 0.25) is 0 Å². The van der Waals surface area contributed by atoms with E-state index >= 15 is 0 Å². The summed E-state index contributed by atoms with van der Waals surface area (Å²) in [5.41, 5.74) is -0.577. The Kier molecular flexibility index (Phi) is 6.63. The number of benzene rings is 1. The summed E-state index contributed by atoms with van der Waals surface area (Å²) in [6.45, 7) is 3.97. The number of rotatable bonds is 6. The number of nitrogens with one attached hydrogen (secondary N) is 1. The number of carbonyl (C=O) groups is 1. The van der Waals surface area contributed by atoms with Crippen molar-refractivity contribution in [3.05, 3.63) is 35.6 Å². The van der Waals surface area contributed by atoms with Gasteiger partial charge in [-0.05, 0) is 38.3 Å². The normalized spacial score (nSPS) is 17.3. The molecule has 2 rings (SSSR count). The third-order valence-corrected chi connectivity index (χ3v) is 7.05. The summed E-state index contributed by atoms with van der Waals surface area (Å²) in [5.74, 6) is -0.436. The van der Waals surface area contributed by atoms with E-state index in [1.54, 1.807) is 36.9 Å². The first kappa shape index (κ1) is 20.6. The van der Waals surface area contributed by atoms with Gasteiger partial charge in [0.05, 0.1) is 16.6 Å². The molecule has 0 unspecified atom stereocenters. The number of halogens is 1. The molecule has 0 aromatic heterocycles. The predicted molar refractivity (Wildman–Crippen MR) is 98.2 cm³/mol. The van der Waals surface area contributed by atoms with Crippen molar-refractivity contribution in [1.82, 2.24) is 10.2 Å². The lowest BCUT2D eigenvalue weighted by molar-refractivity contribution is -0.0121. The molecule has 1 heterocycles. The van der Waals surface area contributed by atoms with E-state index in [1.807, 2.05) is 0 Å². The van der Waals surface area contributed by atoms with Crippen molar-refractivity contribution in [1.29, 1.82) is 0 Å². The highest BCUT2D eigenvalue weighted by molar-refractivity contribution is 7.92. The molecule has 8 heteroatoms. The number of aliphatic hydroxyl groups is 1. The minimum absolute atomic E-state index is 0.0648. The van der Waals surface area contributed by atoms with Gasteiger partial charge in [0, 0.05) is 26.1 Å². The molecule has 0 saturated carbocycles. The van der Waals surface area contributed by atoms with Crippen molar-refractivity contribution in [2.75, 3.05) is 25.4 Å². The molecule has 1 fully saturated rings. The molecule has 1 aromatic rings. The highest BCUT2D eigenvalue weighted by Crippen LogP contribution is 2.27. The molecule has 1 aliphatic rings. The van der Waals surface area contributed by atoms with Gasteiger partial charge in [-0.15, -0.1) is 0 Å². The van der Waals surface area contributed by atoms with Crippen molar-refractivity contribution in [3.8, 4) is 0 Å². The molecule has 1 aromatic carbocycles. The zero-order valence-corrected chi connectivity index (χ0v) is 16.1. The average molecular weight is 386 g/mol. The summed E-state index contributed by atoms with van der Waals surface area (Å²) < 4.78 is 37.3. The fourth-order valence-electron chi connectivity index (χ4n) is 2.95. The second-order valence-corrected chi connectivity index (χ2v) is 9.80. The molecule has 1 saturated heterocycles. The second-order valence-electron chi connectivity index (χ2n) is 7.13. The van der Waals surface area contributed by atoms with E-state index in [4.69, 9.17) is 0 Å². The van der Waals surface area contributed by atoms with Gasteiger partial charge in [-0.2, -0.15) is 0 Å². The quantitative estimate of drug-likeness (QED) is 0.780. The van der Waals surface area contributed by atoms with E-state index in [1.165, 1.54) is 6.07 Å². The van der Waals surface area contributed by atoms with Crippen LogP contribution in [0.1, 0.15) is 32.3 Å². The fraction of sp³-hybridized carbons (Fsp3) is 0.611. The number of urea groups is 1. The zero-order valence-electron chi connectivity index (χ0n) is 15.2. The Balaban J connectivity index is 1.82. The molecule has 0 aliphatic carbocycles. The van der Waals surface area contributed by atoms with Crippen LogP contribution in [0.2, 0.25) is 0 Å². The largest absolute Gasteiger partial charge is 0.389 e. The molecule has 2 amide bonds. The zero-order chi connectivity index (χ0) is 19.4. The molecular formula is C18H27FN2O4S. The van der Waals surface area contributed by atoms with Crippen LogP contribution >= 0.6 is 0 Å². The Morgan fingerprint density at radius 3 is 2.50 bits per heavy atom. The Labute approximate surface area is 154 Å². The Bertz CT molecular complexity index is 728. The second kappa shape index (κ2) is 8.35. The molecule has 0 atom stereocenters. The first-order chi connectivity index (χ1) is 12.1. The van der Waals surface area contributed by atoms with E-state index in [0.717, 1.165) is 0 Å². The SMILES string of the molecule is CC(C)S(=O)(=O)CCNC(=O)N1CCC(O)(Cc2ccccc2F)CC1. The van der Waals surface area contributed by atoms with Crippen LogP contribution in [0.15, 0.2) is 24.3 Å². The number of piperidine rings is 1. The molecular weight excluding hydrogens is 359 g/mol. The summed E-state index contributed by atoms with van der Waals surface area (Å²) in [5, 5.41) is 12.8. The molecule has 26 heavy (non-hydrogen) atoms. The smallest absolute Gasteiger partial charge is 0.317 e. The number of sulfone groups is 1. The van der Waals surface area contributed by atoms with Crippen LogP contribution in [0.5, 0.6) is 0 Å². The number of hydrogen-bond acceptors (Lipinski definition) is 4. The monoisotopic (exact) mass is 386 g/mol. The molecule has 2 N–H and O–H groups in total. The van der Waals surface area contributed by atoms with Crippen LogP contribution in [-0.4, -0.2) is 60.7 Å². The van der Waals surface area contributed by atoms with E-state index in [2.05, 4.69) is 5.32 Å². The average Bonchev–Trinajstić information content (AvgIpc) is 2.57. The van der Waals surface area contributed by atoms with Crippen molar-refractivity contribution in [2.45, 2.75) is 44.0 Å². The number of carbonyl (C=O) groups excluding carboxylic acids is 1. The van der Waals surface area contributed by atoms with E-state index < -0.39 is 20.7 Å². The van der Waals surface area contributed by atoms with Gasteiger partial charge < -0.3 is 15.3 Å². The standard InChI is InChI=1S/C18H27FN2O4S/c1-14(2)26(24,25)12-9-20-17(22)21-10-7-18(23,8-11-21)13-15-5-3-4-6-16(15)19/h3-6,14,23H,7-13H2,1-2H3,(H,20,22). The van der Waals surface area contributed by atoms with Crippen molar-refractivity contribution in [3.63, 3.8) is 0 Å². The van der Waals surface area contributed by atoms with Gasteiger partial charge in [-0.1, -0.05) is 18.2 Å². The highest BCUT2D eigenvalue weighted by atomic mass is 32.2.